The summed E-state index contributed by atoms with van der Waals surface area (Å²) in [7, 11) is 0. The highest BCUT2D eigenvalue weighted by atomic mass is 35.5. The van der Waals surface area contributed by atoms with Gasteiger partial charge in [-0.3, -0.25) is 14.5 Å². The highest BCUT2D eigenvalue weighted by molar-refractivity contribution is 8.18. The maximum atomic E-state index is 13.4. The molecule has 4 aromatic rings. The molecule has 2 amide bonds. The molecule has 1 heterocycles. The van der Waals surface area contributed by atoms with E-state index in [0.717, 1.165) is 44.6 Å². The van der Waals surface area contributed by atoms with Gasteiger partial charge >= 0.3 is 0 Å². The minimum absolute atomic E-state index is 0.0337. The molecular formula is C28H19ClFNO3S. The lowest BCUT2D eigenvalue weighted by Gasteiger charge is -2.14. The summed E-state index contributed by atoms with van der Waals surface area (Å²) in [6, 6.07) is 25.3. The van der Waals surface area contributed by atoms with Crippen LogP contribution in [0.1, 0.15) is 16.7 Å². The molecular weight excluding hydrogens is 485 g/mol. The fraction of sp³-hybridized carbons (Fsp3) is 0.0714. The van der Waals surface area contributed by atoms with Crippen molar-refractivity contribution in [2.45, 2.75) is 13.2 Å². The molecule has 1 aliphatic rings. The van der Waals surface area contributed by atoms with Crippen LogP contribution in [0.15, 0.2) is 89.8 Å². The number of halogens is 2. The Hall–Kier alpha value is -3.61. The number of fused-ring (bicyclic) bond motifs is 1. The molecule has 0 aromatic heterocycles. The highest BCUT2D eigenvalue weighted by Crippen LogP contribution is 2.38. The first-order valence-corrected chi connectivity index (χ1v) is 12.1. The molecule has 0 N–H and O–H groups in total. The van der Waals surface area contributed by atoms with Gasteiger partial charge < -0.3 is 4.74 Å². The fourth-order valence-corrected chi connectivity index (χ4v) is 4.92. The van der Waals surface area contributed by atoms with Crippen molar-refractivity contribution in [2.24, 2.45) is 0 Å². The molecule has 174 valence electrons. The van der Waals surface area contributed by atoms with Crippen LogP contribution in [0, 0.1) is 5.82 Å². The minimum atomic E-state index is -0.480. The topological polar surface area (TPSA) is 46.6 Å². The number of hydrogen-bond donors (Lipinski definition) is 0. The highest BCUT2D eigenvalue weighted by Gasteiger charge is 2.35. The van der Waals surface area contributed by atoms with Gasteiger partial charge in [0, 0.05) is 10.6 Å². The van der Waals surface area contributed by atoms with E-state index in [1.54, 1.807) is 6.08 Å². The van der Waals surface area contributed by atoms with Gasteiger partial charge in [0.15, 0.2) is 0 Å². The molecule has 0 unspecified atom stereocenters. The second-order valence-corrected chi connectivity index (χ2v) is 9.38. The third-order valence-corrected chi connectivity index (χ3v) is 6.92. The molecule has 4 nitrogen and oxygen atoms in total. The van der Waals surface area contributed by atoms with Gasteiger partial charge in [-0.1, -0.05) is 78.3 Å². The predicted octanol–water partition coefficient (Wildman–Crippen LogP) is 7.45. The van der Waals surface area contributed by atoms with Gasteiger partial charge in [-0.15, -0.1) is 0 Å². The largest absolute Gasteiger partial charge is 0.488 e. The second kappa shape index (κ2) is 9.94. The van der Waals surface area contributed by atoms with Crippen LogP contribution >= 0.6 is 23.4 Å². The Morgan fingerprint density at radius 3 is 2.51 bits per heavy atom. The van der Waals surface area contributed by atoms with Crippen molar-refractivity contribution in [2.75, 3.05) is 0 Å². The van der Waals surface area contributed by atoms with E-state index in [1.165, 1.54) is 12.1 Å². The van der Waals surface area contributed by atoms with Crippen molar-refractivity contribution >= 4 is 51.4 Å². The number of rotatable bonds is 6. The Bertz CT molecular complexity index is 1470. The summed E-state index contributed by atoms with van der Waals surface area (Å²) in [5.41, 5.74) is 2.24. The molecule has 1 aliphatic heterocycles. The fourth-order valence-electron chi connectivity index (χ4n) is 3.87. The molecule has 0 atom stereocenters. The Morgan fingerprint density at radius 1 is 0.943 bits per heavy atom. The van der Waals surface area contributed by atoms with Gasteiger partial charge in [-0.05, 0) is 57.9 Å². The average Bonchev–Trinajstić information content (AvgIpc) is 3.13. The number of carbonyl (C=O) groups is 2. The summed E-state index contributed by atoms with van der Waals surface area (Å²) in [5, 5.41) is 1.65. The summed E-state index contributed by atoms with van der Waals surface area (Å²) in [5.74, 6) is -0.296. The van der Waals surface area contributed by atoms with Gasteiger partial charge in [0.2, 0.25) is 0 Å². The lowest BCUT2D eigenvalue weighted by atomic mass is 10.0. The van der Waals surface area contributed by atoms with E-state index in [2.05, 4.69) is 0 Å². The van der Waals surface area contributed by atoms with Crippen molar-refractivity contribution < 1.29 is 18.7 Å². The first-order chi connectivity index (χ1) is 17.0. The number of carbonyl (C=O) groups excluding carboxylic acids is 2. The van der Waals surface area contributed by atoms with E-state index in [0.29, 0.717) is 17.9 Å². The van der Waals surface area contributed by atoms with Gasteiger partial charge in [0.05, 0.1) is 11.4 Å². The smallest absolute Gasteiger partial charge is 0.293 e. The molecule has 5 rings (SSSR count). The van der Waals surface area contributed by atoms with E-state index in [4.69, 9.17) is 16.3 Å². The maximum absolute atomic E-state index is 13.4. The third-order valence-electron chi connectivity index (χ3n) is 5.66. The summed E-state index contributed by atoms with van der Waals surface area (Å²) in [4.78, 5) is 27.3. The first kappa shape index (κ1) is 23.1. The van der Waals surface area contributed by atoms with Gasteiger partial charge in [-0.25, -0.2) is 4.39 Å². The Balaban J connectivity index is 1.48. The zero-order valence-corrected chi connectivity index (χ0v) is 20.0. The number of ether oxygens (including phenoxy) is 1. The zero-order valence-electron chi connectivity index (χ0n) is 18.4. The molecule has 1 saturated heterocycles. The molecule has 0 bridgehead atoms. The molecule has 4 aromatic carbocycles. The molecule has 7 heteroatoms. The monoisotopic (exact) mass is 503 g/mol. The predicted molar refractivity (Wildman–Crippen MR) is 138 cm³/mol. The molecule has 0 saturated carbocycles. The van der Waals surface area contributed by atoms with E-state index in [-0.39, 0.29) is 16.5 Å². The molecule has 0 spiro atoms. The van der Waals surface area contributed by atoms with E-state index < -0.39 is 17.0 Å². The normalized spacial score (nSPS) is 14.8. The van der Waals surface area contributed by atoms with Crippen molar-refractivity contribution in [3.8, 4) is 5.75 Å². The SMILES string of the molecule is O=C1S/C(=C/c2c(OCc3ccccc3)ccc3ccccc23)C(=O)N1Cc1ccc(F)cc1Cl. The quantitative estimate of drug-likeness (QED) is 0.256. The Kier molecular flexibility index (Phi) is 6.57. The van der Waals surface area contributed by atoms with Crippen molar-refractivity contribution in [1.82, 2.24) is 4.90 Å². The maximum Gasteiger partial charge on any atom is 0.293 e. The third kappa shape index (κ3) is 4.94. The Labute approximate surface area is 211 Å². The van der Waals surface area contributed by atoms with Gasteiger partial charge in [0.25, 0.3) is 11.1 Å². The minimum Gasteiger partial charge on any atom is -0.488 e. The van der Waals surface area contributed by atoms with Crippen LogP contribution in [0.4, 0.5) is 9.18 Å². The first-order valence-electron chi connectivity index (χ1n) is 10.9. The standard InChI is InChI=1S/C28H19ClFNO3S/c29-24-14-21(30)12-10-20(24)16-31-27(32)26(35-28(31)33)15-23-22-9-5-4-8-19(22)11-13-25(23)34-17-18-6-2-1-3-7-18/h1-15H,16-17H2/b26-15+. The summed E-state index contributed by atoms with van der Waals surface area (Å²) < 4.78 is 19.5. The number of amides is 2. The van der Waals surface area contributed by atoms with E-state index in [9.17, 15) is 14.0 Å². The van der Waals surface area contributed by atoms with Crippen LogP contribution in [-0.4, -0.2) is 16.0 Å². The summed E-state index contributed by atoms with van der Waals surface area (Å²) >= 11 is 6.98. The van der Waals surface area contributed by atoms with E-state index >= 15 is 0 Å². The zero-order chi connectivity index (χ0) is 24.4. The van der Waals surface area contributed by atoms with Crippen LogP contribution in [0.2, 0.25) is 5.02 Å². The van der Waals surface area contributed by atoms with Gasteiger partial charge in [0.1, 0.15) is 18.2 Å². The lowest BCUT2D eigenvalue weighted by molar-refractivity contribution is -0.123. The number of imide groups is 1. The molecule has 0 radical (unpaired) electrons. The van der Waals surface area contributed by atoms with Crippen LogP contribution in [0.3, 0.4) is 0 Å². The second-order valence-electron chi connectivity index (χ2n) is 7.98. The number of nitrogens with zero attached hydrogens (tertiary/aromatic N) is 1. The number of benzene rings is 4. The van der Waals surface area contributed by atoms with E-state index in [1.807, 2.05) is 66.7 Å². The molecule has 1 fully saturated rings. The van der Waals surface area contributed by atoms with Crippen LogP contribution in [0.25, 0.3) is 16.8 Å². The van der Waals surface area contributed by atoms with Crippen LogP contribution in [0.5, 0.6) is 5.75 Å². The number of hydrogen-bond acceptors (Lipinski definition) is 4. The van der Waals surface area contributed by atoms with Crippen molar-refractivity contribution in [1.29, 1.82) is 0 Å². The Morgan fingerprint density at radius 2 is 1.71 bits per heavy atom. The number of thioether (sulfide) groups is 1. The molecule has 35 heavy (non-hydrogen) atoms. The lowest BCUT2D eigenvalue weighted by Crippen LogP contribution is -2.27. The van der Waals surface area contributed by atoms with Crippen LogP contribution in [-0.2, 0) is 17.9 Å². The summed E-state index contributed by atoms with van der Waals surface area (Å²) in [6.45, 7) is 0.332. The van der Waals surface area contributed by atoms with Crippen LogP contribution < -0.4 is 4.74 Å². The summed E-state index contributed by atoms with van der Waals surface area (Å²) in [6.07, 6.45) is 1.71. The molecule has 0 aliphatic carbocycles. The van der Waals surface area contributed by atoms with Crippen molar-refractivity contribution in [3.05, 3.63) is 117 Å². The van der Waals surface area contributed by atoms with Crippen molar-refractivity contribution in [3.63, 3.8) is 0 Å². The average molecular weight is 504 g/mol. The van der Waals surface area contributed by atoms with Gasteiger partial charge in [-0.2, -0.15) is 0 Å².